The molecule has 0 fully saturated rings. The minimum absolute atomic E-state index is 0.106. The van der Waals surface area contributed by atoms with E-state index in [1.807, 2.05) is 0 Å². The first kappa shape index (κ1) is 23.5. The van der Waals surface area contributed by atoms with Crippen LogP contribution in [0.2, 0.25) is 0 Å². The first-order valence-corrected chi connectivity index (χ1v) is 10.0. The molecule has 1 atom stereocenters. The summed E-state index contributed by atoms with van der Waals surface area (Å²) in [7, 11) is 1.37. The van der Waals surface area contributed by atoms with Crippen LogP contribution in [0.5, 0.6) is 17.2 Å². The Kier molecular flexibility index (Phi) is 7.39. The Bertz CT molecular complexity index is 1180. The van der Waals surface area contributed by atoms with Gasteiger partial charge in [-0.15, -0.1) is 0 Å². The van der Waals surface area contributed by atoms with E-state index >= 15 is 0 Å². The number of carbonyl (C=O) groups is 2. The summed E-state index contributed by atoms with van der Waals surface area (Å²) in [6.07, 6.45) is 1.24. The summed E-state index contributed by atoms with van der Waals surface area (Å²) < 4.78 is 15.8. The van der Waals surface area contributed by atoms with Gasteiger partial charge in [0, 0.05) is 12.5 Å². The number of phenols is 1. The third kappa shape index (κ3) is 5.94. The zero-order valence-electron chi connectivity index (χ0n) is 18.1. The van der Waals surface area contributed by atoms with Crippen molar-refractivity contribution >= 4 is 11.8 Å². The molecule has 0 spiro atoms. The number of hydrogen-bond donors (Lipinski definition) is 4. The van der Waals surface area contributed by atoms with Gasteiger partial charge in [-0.05, 0) is 36.8 Å². The third-order valence-corrected chi connectivity index (χ3v) is 4.87. The molecule has 0 aliphatic heterocycles. The van der Waals surface area contributed by atoms with Crippen LogP contribution in [-0.4, -0.2) is 35.7 Å². The van der Waals surface area contributed by atoms with E-state index in [2.05, 4.69) is 10.6 Å². The normalized spacial score (nSPS) is 11.6. The molecule has 3 rings (SSSR count). The number of aryl methyl sites for hydroxylation is 1. The molecule has 33 heavy (non-hydrogen) atoms. The van der Waals surface area contributed by atoms with Crippen LogP contribution in [0.3, 0.4) is 0 Å². The highest BCUT2D eigenvalue weighted by atomic mass is 16.5. The number of benzene rings is 1. The highest BCUT2D eigenvalue weighted by Gasteiger charge is 2.27. The molecule has 0 saturated carbocycles. The number of hydrogen-bond acceptors (Lipinski definition) is 8. The maximum absolute atomic E-state index is 12.6. The van der Waals surface area contributed by atoms with Crippen molar-refractivity contribution < 1.29 is 33.4 Å². The average Bonchev–Trinajstić information content (AvgIpc) is 3.31. The van der Waals surface area contributed by atoms with Gasteiger partial charge in [0.05, 0.1) is 32.4 Å². The van der Waals surface area contributed by atoms with E-state index in [-0.39, 0.29) is 42.5 Å². The molecule has 1 aromatic carbocycles. The fraction of sp³-hybridized carbons (Fsp3) is 0.261. The minimum atomic E-state index is -0.890. The molecule has 0 saturated heterocycles. The van der Waals surface area contributed by atoms with Crippen molar-refractivity contribution in [1.29, 1.82) is 0 Å². The average molecular weight is 456 g/mol. The van der Waals surface area contributed by atoms with E-state index in [1.165, 1.54) is 31.6 Å². The van der Waals surface area contributed by atoms with Gasteiger partial charge in [-0.2, -0.15) is 0 Å². The molecule has 4 N–H and O–H groups in total. The van der Waals surface area contributed by atoms with Gasteiger partial charge in [-0.1, -0.05) is 6.07 Å². The SMILES string of the molecule is COc1cc([C@H](CC(=O)NCC(=O)NCc2ccco2)c2oc(C)cc(=O)c2O)ccc1O. The van der Waals surface area contributed by atoms with Crippen molar-refractivity contribution in [3.63, 3.8) is 0 Å². The van der Waals surface area contributed by atoms with Crippen LogP contribution < -0.4 is 20.8 Å². The lowest BCUT2D eigenvalue weighted by atomic mass is 9.91. The summed E-state index contributed by atoms with van der Waals surface area (Å²) in [4.78, 5) is 36.8. The Morgan fingerprint density at radius 2 is 1.91 bits per heavy atom. The van der Waals surface area contributed by atoms with Gasteiger partial charge in [-0.3, -0.25) is 14.4 Å². The van der Waals surface area contributed by atoms with Gasteiger partial charge in [0.2, 0.25) is 23.0 Å². The predicted octanol–water partition coefficient (Wildman–Crippen LogP) is 1.92. The van der Waals surface area contributed by atoms with Crippen LogP contribution in [-0.2, 0) is 16.1 Å². The number of amides is 2. The molecule has 10 nitrogen and oxygen atoms in total. The Hall–Kier alpha value is -4.21. The Balaban J connectivity index is 1.78. The van der Waals surface area contributed by atoms with Crippen LogP contribution in [0.4, 0.5) is 0 Å². The second-order valence-corrected chi connectivity index (χ2v) is 7.25. The van der Waals surface area contributed by atoms with Gasteiger partial charge in [0.1, 0.15) is 11.5 Å². The van der Waals surface area contributed by atoms with Crippen molar-refractivity contribution in [2.75, 3.05) is 13.7 Å². The van der Waals surface area contributed by atoms with Crippen LogP contribution >= 0.6 is 0 Å². The van der Waals surface area contributed by atoms with Crippen LogP contribution in [0.25, 0.3) is 0 Å². The lowest BCUT2D eigenvalue weighted by Gasteiger charge is -2.19. The number of ether oxygens (including phenoxy) is 1. The van der Waals surface area contributed by atoms with E-state index in [4.69, 9.17) is 13.6 Å². The van der Waals surface area contributed by atoms with Crippen LogP contribution in [0.15, 0.2) is 56.3 Å². The van der Waals surface area contributed by atoms with Gasteiger partial charge in [0.15, 0.2) is 17.3 Å². The molecule has 2 amide bonds. The Labute approximate surface area is 188 Å². The van der Waals surface area contributed by atoms with E-state index < -0.39 is 28.9 Å². The first-order chi connectivity index (χ1) is 15.8. The van der Waals surface area contributed by atoms with Crippen molar-refractivity contribution in [3.05, 3.63) is 75.7 Å². The van der Waals surface area contributed by atoms with Crippen molar-refractivity contribution in [3.8, 4) is 17.2 Å². The van der Waals surface area contributed by atoms with Crippen molar-refractivity contribution in [2.24, 2.45) is 0 Å². The van der Waals surface area contributed by atoms with Gasteiger partial charge in [0.25, 0.3) is 0 Å². The number of carbonyl (C=O) groups excluding carboxylic acids is 2. The topological polar surface area (TPSA) is 151 Å². The molecule has 0 radical (unpaired) electrons. The molecule has 3 aromatic rings. The fourth-order valence-corrected chi connectivity index (χ4v) is 3.23. The highest BCUT2D eigenvalue weighted by Crippen LogP contribution is 2.37. The lowest BCUT2D eigenvalue weighted by Crippen LogP contribution is -2.37. The highest BCUT2D eigenvalue weighted by molar-refractivity contribution is 5.85. The van der Waals surface area contributed by atoms with Crippen LogP contribution in [0.1, 0.15) is 35.2 Å². The third-order valence-electron chi connectivity index (χ3n) is 4.87. The molecule has 0 bridgehead atoms. The Morgan fingerprint density at radius 3 is 2.61 bits per heavy atom. The smallest absolute Gasteiger partial charge is 0.239 e. The molecule has 2 aromatic heterocycles. The monoisotopic (exact) mass is 456 g/mol. The second-order valence-electron chi connectivity index (χ2n) is 7.25. The number of aromatic hydroxyl groups is 2. The molecule has 0 unspecified atom stereocenters. The molecular formula is C23H24N2O8. The van der Waals surface area contributed by atoms with Gasteiger partial charge >= 0.3 is 0 Å². The van der Waals surface area contributed by atoms with Crippen molar-refractivity contribution in [1.82, 2.24) is 10.6 Å². The number of rotatable bonds is 9. The summed E-state index contributed by atoms with van der Waals surface area (Å²) in [6, 6.07) is 8.90. The molecule has 0 aliphatic carbocycles. The maximum atomic E-state index is 12.6. The van der Waals surface area contributed by atoms with E-state index in [9.17, 15) is 24.6 Å². The standard InChI is InChI=1S/C23H24N2O8/c1-13-8-18(27)22(30)23(33-13)16(14-5-6-17(26)19(9-14)31-2)10-20(28)25-12-21(29)24-11-15-4-3-7-32-15/h3-9,16,26,30H,10-12H2,1-2H3,(H,24,29)(H,25,28)/t16-/m0/s1. The molecule has 174 valence electrons. The number of furan rings is 1. The summed E-state index contributed by atoms with van der Waals surface area (Å²) in [5, 5.41) is 25.4. The number of phenolic OH excluding ortho intramolecular Hbond substituents is 1. The van der Waals surface area contributed by atoms with E-state index in [1.54, 1.807) is 19.1 Å². The van der Waals surface area contributed by atoms with Gasteiger partial charge in [-0.25, -0.2) is 0 Å². The van der Waals surface area contributed by atoms with E-state index in [0.717, 1.165) is 6.07 Å². The summed E-state index contributed by atoms with van der Waals surface area (Å²) in [5.74, 6) is -1.72. The zero-order chi connectivity index (χ0) is 24.0. The van der Waals surface area contributed by atoms with Crippen molar-refractivity contribution in [2.45, 2.75) is 25.8 Å². The lowest BCUT2D eigenvalue weighted by molar-refractivity contribution is -0.126. The largest absolute Gasteiger partial charge is 0.504 e. The molecule has 2 heterocycles. The fourth-order valence-electron chi connectivity index (χ4n) is 3.23. The van der Waals surface area contributed by atoms with Gasteiger partial charge < -0.3 is 34.4 Å². The summed E-state index contributed by atoms with van der Waals surface area (Å²) >= 11 is 0. The molecule has 0 aliphatic rings. The molecule has 10 heteroatoms. The summed E-state index contributed by atoms with van der Waals surface area (Å²) in [5.41, 5.74) is -0.201. The quantitative estimate of drug-likeness (QED) is 0.381. The number of nitrogens with one attached hydrogen (secondary N) is 2. The Morgan fingerprint density at radius 1 is 1.12 bits per heavy atom. The van der Waals surface area contributed by atoms with Crippen LogP contribution in [0, 0.1) is 6.92 Å². The first-order valence-electron chi connectivity index (χ1n) is 10.0. The summed E-state index contributed by atoms with van der Waals surface area (Å²) in [6.45, 7) is 1.44. The second kappa shape index (κ2) is 10.4. The minimum Gasteiger partial charge on any atom is -0.504 e. The number of methoxy groups -OCH3 is 1. The van der Waals surface area contributed by atoms with E-state index in [0.29, 0.717) is 11.3 Å². The molecular weight excluding hydrogens is 432 g/mol. The zero-order valence-corrected chi connectivity index (χ0v) is 18.1. The predicted molar refractivity (Wildman–Crippen MR) is 116 cm³/mol. The maximum Gasteiger partial charge on any atom is 0.239 e.